The van der Waals surface area contributed by atoms with Gasteiger partial charge in [0.1, 0.15) is 6.07 Å². The Balaban J connectivity index is 2.06. The average molecular weight is 344 g/mol. The fourth-order valence-corrected chi connectivity index (χ4v) is 2.27. The van der Waals surface area contributed by atoms with E-state index in [1.165, 1.54) is 0 Å². The van der Waals surface area contributed by atoms with Crippen molar-refractivity contribution in [2.24, 2.45) is 5.73 Å². The summed E-state index contributed by atoms with van der Waals surface area (Å²) in [6.07, 6.45) is 0.449. The van der Waals surface area contributed by atoms with Crippen LogP contribution >= 0.6 is 15.9 Å². The molecule has 2 rings (SSSR count). The van der Waals surface area contributed by atoms with Crippen LogP contribution in [0.5, 0.6) is 0 Å². The summed E-state index contributed by atoms with van der Waals surface area (Å²) in [5, 5.41) is 11.8. The van der Waals surface area contributed by atoms with Gasteiger partial charge in [0.15, 0.2) is 0 Å². The third kappa shape index (κ3) is 4.15. The summed E-state index contributed by atoms with van der Waals surface area (Å²) in [4.78, 5) is 12.1. The standard InChI is InChI=1S/C16H14BrN3O/c17-13-6-7-15(12(9-13)10-18)20-16(21)14(19)8-11-4-2-1-3-5-11/h1-7,9,14H,8,19H2,(H,20,21)/t14-/m1/s1. The van der Waals surface area contributed by atoms with Gasteiger partial charge in [0, 0.05) is 4.47 Å². The molecule has 5 heteroatoms. The minimum absolute atomic E-state index is 0.308. The molecule has 21 heavy (non-hydrogen) atoms. The van der Waals surface area contributed by atoms with Crippen LogP contribution in [0.15, 0.2) is 53.0 Å². The summed E-state index contributed by atoms with van der Waals surface area (Å²) in [5.74, 6) is -0.308. The lowest BCUT2D eigenvalue weighted by molar-refractivity contribution is -0.117. The van der Waals surface area contributed by atoms with Crippen molar-refractivity contribution in [2.45, 2.75) is 12.5 Å². The van der Waals surface area contributed by atoms with E-state index in [9.17, 15) is 4.79 Å². The largest absolute Gasteiger partial charge is 0.324 e. The van der Waals surface area contributed by atoms with Crippen LogP contribution in [0, 0.1) is 11.3 Å². The molecule has 0 bridgehead atoms. The van der Waals surface area contributed by atoms with Gasteiger partial charge in [0.05, 0.1) is 17.3 Å². The number of hydrogen-bond acceptors (Lipinski definition) is 3. The Morgan fingerprint density at radius 2 is 2.00 bits per heavy atom. The Labute approximate surface area is 131 Å². The zero-order valence-electron chi connectivity index (χ0n) is 11.2. The van der Waals surface area contributed by atoms with E-state index < -0.39 is 6.04 Å². The monoisotopic (exact) mass is 343 g/mol. The van der Waals surface area contributed by atoms with Crippen molar-refractivity contribution in [3.63, 3.8) is 0 Å². The van der Waals surface area contributed by atoms with Crippen LogP contribution in [0.4, 0.5) is 5.69 Å². The lowest BCUT2D eigenvalue weighted by Gasteiger charge is -2.13. The molecule has 0 unspecified atom stereocenters. The molecular weight excluding hydrogens is 330 g/mol. The topological polar surface area (TPSA) is 78.9 Å². The van der Waals surface area contributed by atoms with E-state index in [2.05, 4.69) is 21.2 Å². The Bertz CT molecular complexity index is 680. The highest BCUT2D eigenvalue weighted by Crippen LogP contribution is 2.20. The molecule has 2 aromatic rings. The fourth-order valence-electron chi connectivity index (χ4n) is 1.90. The number of amides is 1. The number of carbonyl (C=O) groups excluding carboxylic acids is 1. The summed E-state index contributed by atoms with van der Waals surface area (Å²) in [6, 6.07) is 16.0. The number of nitriles is 1. The number of hydrogen-bond donors (Lipinski definition) is 2. The Kier molecular flexibility index (Phi) is 5.09. The molecule has 0 aliphatic heterocycles. The molecule has 0 aliphatic carbocycles. The molecule has 0 fully saturated rings. The van der Waals surface area contributed by atoms with E-state index in [0.717, 1.165) is 10.0 Å². The first-order valence-corrected chi connectivity index (χ1v) is 7.19. The second-order valence-corrected chi connectivity index (χ2v) is 5.50. The molecule has 0 saturated carbocycles. The second-order valence-electron chi connectivity index (χ2n) is 4.59. The lowest BCUT2D eigenvalue weighted by Crippen LogP contribution is -2.37. The zero-order chi connectivity index (χ0) is 15.2. The highest BCUT2D eigenvalue weighted by atomic mass is 79.9. The van der Waals surface area contributed by atoms with Crippen LogP contribution in [0.3, 0.4) is 0 Å². The van der Waals surface area contributed by atoms with Crippen LogP contribution in [0.2, 0.25) is 0 Å². The molecule has 0 aliphatic rings. The number of benzene rings is 2. The number of nitrogens with two attached hydrogens (primary N) is 1. The Hall–Kier alpha value is -2.16. The van der Waals surface area contributed by atoms with Gasteiger partial charge in [0.25, 0.3) is 0 Å². The first-order chi connectivity index (χ1) is 10.1. The van der Waals surface area contributed by atoms with E-state index in [1.807, 2.05) is 36.4 Å². The molecule has 0 spiro atoms. The van der Waals surface area contributed by atoms with Crippen LogP contribution in [-0.2, 0) is 11.2 Å². The molecule has 0 saturated heterocycles. The van der Waals surface area contributed by atoms with Crippen molar-refractivity contribution >= 4 is 27.5 Å². The molecule has 3 N–H and O–H groups in total. The van der Waals surface area contributed by atoms with Gasteiger partial charge in [-0.3, -0.25) is 4.79 Å². The first-order valence-electron chi connectivity index (χ1n) is 6.40. The van der Waals surface area contributed by atoms with Crippen molar-refractivity contribution in [3.8, 4) is 6.07 Å². The molecule has 1 atom stereocenters. The van der Waals surface area contributed by atoms with Crippen LogP contribution in [0.1, 0.15) is 11.1 Å². The molecular formula is C16H14BrN3O. The Morgan fingerprint density at radius 3 is 2.67 bits per heavy atom. The maximum atomic E-state index is 12.1. The number of rotatable bonds is 4. The van der Waals surface area contributed by atoms with Gasteiger partial charge >= 0.3 is 0 Å². The van der Waals surface area contributed by atoms with Crippen molar-refractivity contribution in [1.29, 1.82) is 5.26 Å². The summed E-state index contributed by atoms with van der Waals surface area (Å²) in [5.41, 5.74) is 7.77. The summed E-state index contributed by atoms with van der Waals surface area (Å²) < 4.78 is 0.783. The van der Waals surface area contributed by atoms with Gasteiger partial charge in [-0.05, 0) is 30.2 Å². The predicted molar refractivity (Wildman–Crippen MR) is 85.6 cm³/mol. The molecule has 0 heterocycles. The highest BCUT2D eigenvalue weighted by molar-refractivity contribution is 9.10. The van der Waals surface area contributed by atoms with Crippen LogP contribution in [0.25, 0.3) is 0 Å². The highest BCUT2D eigenvalue weighted by Gasteiger charge is 2.15. The van der Waals surface area contributed by atoms with Gasteiger partial charge < -0.3 is 11.1 Å². The summed E-state index contributed by atoms with van der Waals surface area (Å²) >= 11 is 3.29. The van der Waals surface area contributed by atoms with Crippen molar-refractivity contribution < 1.29 is 4.79 Å². The maximum Gasteiger partial charge on any atom is 0.241 e. The van der Waals surface area contributed by atoms with Crippen molar-refractivity contribution in [3.05, 3.63) is 64.1 Å². The molecule has 106 valence electrons. The maximum absolute atomic E-state index is 12.1. The second kappa shape index (κ2) is 7.02. The zero-order valence-corrected chi connectivity index (χ0v) is 12.8. The van der Waals surface area contributed by atoms with Gasteiger partial charge in [-0.1, -0.05) is 46.3 Å². The normalized spacial score (nSPS) is 11.5. The van der Waals surface area contributed by atoms with E-state index in [-0.39, 0.29) is 5.91 Å². The third-order valence-electron chi connectivity index (χ3n) is 3.00. The van der Waals surface area contributed by atoms with E-state index >= 15 is 0 Å². The number of anilines is 1. The quantitative estimate of drug-likeness (QED) is 0.895. The Morgan fingerprint density at radius 1 is 1.29 bits per heavy atom. The SMILES string of the molecule is N#Cc1cc(Br)ccc1NC(=O)[C@H](N)Cc1ccccc1. The predicted octanol–water partition coefficient (Wildman–Crippen LogP) is 2.83. The smallest absolute Gasteiger partial charge is 0.241 e. The minimum atomic E-state index is -0.664. The van der Waals surface area contributed by atoms with Crippen LogP contribution < -0.4 is 11.1 Å². The van der Waals surface area contributed by atoms with Gasteiger partial charge in [-0.25, -0.2) is 0 Å². The molecule has 0 radical (unpaired) electrons. The van der Waals surface area contributed by atoms with Gasteiger partial charge in [0.2, 0.25) is 5.91 Å². The minimum Gasteiger partial charge on any atom is -0.324 e. The molecule has 0 aromatic heterocycles. The number of nitrogens with one attached hydrogen (secondary N) is 1. The third-order valence-corrected chi connectivity index (χ3v) is 3.49. The fraction of sp³-hybridized carbons (Fsp3) is 0.125. The van der Waals surface area contributed by atoms with Gasteiger partial charge in [-0.2, -0.15) is 5.26 Å². The van der Waals surface area contributed by atoms with Crippen molar-refractivity contribution in [2.75, 3.05) is 5.32 Å². The van der Waals surface area contributed by atoms with Crippen molar-refractivity contribution in [1.82, 2.24) is 0 Å². The number of carbonyl (C=O) groups is 1. The van der Waals surface area contributed by atoms with E-state index in [0.29, 0.717) is 17.7 Å². The average Bonchev–Trinajstić information content (AvgIpc) is 2.49. The van der Waals surface area contributed by atoms with Crippen LogP contribution in [-0.4, -0.2) is 11.9 Å². The summed E-state index contributed by atoms with van der Waals surface area (Å²) in [7, 11) is 0. The van der Waals surface area contributed by atoms with E-state index in [1.54, 1.807) is 18.2 Å². The van der Waals surface area contributed by atoms with Gasteiger partial charge in [-0.15, -0.1) is 0 Å². The lowest BCUT2D eigenvalue weighted by atomic mass is 10.1. The summed E-state index contributed by atoms with van der Waals surface area (Å²) in [6.45, 7) is 0. The number of nitrogens with zero attached hydrogens (tertiary/aromatic N) is 1. The molecule has 4 nitrogen and oxygen atoms in total. The molecule has 1 amide bonds. The first kappa shape index (κ1) is 15.2. The molecule has 2 aromatic carbocycles. The number of halogens is 1. The van der Waals surface area contributed by atoms with E-state index in [4.69, 9.17) is 11.0 Å².